The smallest absolute Gasteiger partial charge is 0.337 e. The Bertz CT molecular complexity index is 427. The lowest BCUT2D eigenvalue weighted by Gasteiger charge is -2.13. The molecule has 1 aliphatic heterocycles. The van der Waals surface area contributed by atoms with Crippen molar-refractivity contribution in [3.63, 3.8) is 0 Å². The van der Waals surface area contributed by atoms with Crippen molar-refractivity contribution in [2.45, 2.75) is 18.9 Å². The second-order valence-corrected chi connectivity index (χ2v) is 4.19. The zero-order valence-electron chi connectivity index (χ0n) is 10.3. The van der Waals surface area contributed by atoms with E-state index in [1.807, 2.05) is 0 Å². The number of ether oxygens (including phenoxy) is 3. The molecule has 0 aliphatic carbocycles. The molecule has 1 aliphatic rings. The predicted molar refractivity (Wildman–Crippen MR) is 66.7 cm³/mol. The molecule has 1 fully saturated rings. The van der Waals surface area contributed by atoms with Crippen LogP contribution in [0.4, 0.5) is 5.69 Å². The standard InChI is InChI=1S/C13H17NO4/c1-16-13(15)9-4-5-12(11(14)7-9)18-8-10-3-2-6-17-10/h4-5,7,10H,2-3,6,8,14H2,1H3/t10-/m1/s1. The summed E-state index contributed by atoms with van der Waals surface area (Å²) < 4.78 is 15.7. The fourth-order valence-electron chi connectivity index (χ4n) is 1.88. The number of esters is 1. The van der Waals surface area contributed by atoms with Gasteiger partial charge in [-0.25, -0.2) is 4.79 Å². The highest BCUT2D eigenvalue weighted by Crippen LogP contribution is 2.24. The number of benzene rings is 1. The van der Waals surface area contributed by atoms with E-state index < -0.39 is 5.97 Å². The number of carbonyl (C=O) groups is 1. The minimum Gasteiger partial charge on any atom is -0.489 e. The van der Waals surface area contributed by atoms with Crippen LogP contribution in [0.3, 0.4) is 0 Å². The van der Waals surface area contributed by atoms with E-state index in [0.717, 1.165) is 19.4 Å². The average Bonchev–Trinajstić information content (AvgIpc) is 2.89. The van der Waals surface area contributed by atoms with Crippen LogP contribution < -0.4 is 10.5 Å². The lowest BCUT2D eigenvalue weighted by atomic mass is 10.2. The van der Waals surface area contributed by atoms with Crippen molar-refractivity contribution in [1.29, 1.82) is 0 Å². The molecule has 2 N–H and O–H groups in total. The summed E-state index contributed by atoms with van der Waals surface area (Å²) in [5.41, 5.74) is 6.67. The van der Waals surface area contributed by atoms with E-state index >= 15 is 0 Å². The van der Waals surface area contributed by atoms with Gasteiger partial charge in [0.2, 0.25) is 0 Å². The van der Waals surface area contributed by atoms with Crippen LogP contribution >= 0.6 is 0 Å². The van der Waals surface area contributed by atoms with Gasteiger partial charge in [0, 0.05) is 6.61 Å². The van der Waals surface area contributed by atoms with Gasteiger partial charge in [-0.15, -0.1) is 0 Å². The summed E-state index contributed by atoms with van der Waals surface area (Å²) >= 11 is 0. The van der Waals surface area contributed by atoms with Crippen LogP contribution in [0.5, 0.6) is 5.75 Å². The molecule has 0 saturated carbocycles. The Kier molecular flexibility index (Phi) is 4.04. The maximum absolute atomic E-state index is 11.3. The molecule has 0 radical (unpaired) electrons. The number of anilines is 1. The van der Waals surface area contributed by atoms with Gasteiger partial charge in [-0.05, 0) is 31.0 Å². The first-order valence-electron chi connectivity index (χ1n) is 5.93. The number of nitrogens with two attached hydrogens (primary N) is 1. The van der Waals surface area contributed by atoms with E-state index in [-0.39, 0.29) is 6.10 Å². The molecule has 0 aromatic heterocycles. The maximum atomic E-state index is 11.3. The topological polar surface area (TPSA) is 70.8 Å². The number of nitrogen functional groups attached to an aromatic ring is 1. The third kappa shape index (κ3) is 2.92. The fourth-order valence-corrected chi connectivity index (χ4v) is 1.88. The molecule has 18 heavy (non-hydrogen) atoms. The highest BCUT2D eigenvalue weighted by Gasteiger charge is 2.17. The molecule has 98 valence electrons. The predicted octanol–water partition coefficient (Wildman–Crippen LogP) is 1.61. The summed E-state index contributed by atoms with van der Waals surface area (Å²) in [6.45, 7) is 1.28. The third-order valence-electron chi connectivity index (χ3n) is 2.88. The minimum absolute atomic E-state index is 0.143. The highest BCUT2D eigenvalue weighted by molar-refractivity contribution is 5.90. The third-order valence-corrected chi connectivity index (χ3v) is 2.88. The lowest BCUT2D eigenvalue weighted by molar-refractivity contribution is 0.0599. The van der Waals surface area contributed by atoms with Crippen molar-refractivity contribution >= 4 is 11.7 Å². The van der Waals surface area contributed by atoms with Crippen LogP contribution in [-0.2, 0) is 9.47 Å². The molecule has 0 unspecified atom stereocenters. The number of carbonyl (C=O) groups excluding carboxylic acids is 1. The van der Waals surface area contributed by atoms with E-state index in [1.165, 1.54) is 7.11 Å². The molecular weight excluding hydrogens is 234 g/mol. The molecule has 1 heterocycles. The summed E-state index contributed by atoms with van der Waals surface area (Å²) in [5, 5.41) is 0. The molecule has 0 spiro atoms. The molecule has 5 nitrogen and oxygen atoms in total. The van der Waals surface area contributed by atoms with E-state index in [9.17, 15) is 4.79 Å². The highest BCUT2D eigenvalue weighted by atomic mass is 16.5. The van der Waals surface area contributed by atoms with Gasteiger partial charge in [-0.3, -0.25) is 0 Å². The Hall–Kier alpha value is -1.75. The van der Waals surface area contributed by atoms with Crippen molar-refractivity contribution in [2.75, 3.05) is 26.1 Å². The van der Waals surface area contributed by atoms with Gasteiger partial charge >= 0.3 is 5.97 Å². The normalized spacial score (nSPS) is 18.6. The van der Waals surface area contributed by atoms with E-state index in [0.29, 0.717) is 23.6 Å². The molecule has 0 bridgehead atoms. The Morgan fingerprint density at radius 2 is 2.39 bits per heavy atom. The Balaban J connectivity index is 1.98. The molecule has 0 amide bonds. The quantitative estimate of drug-likeness (QED) is 0.650. The first-order valence-corrected chi connectivity index (χ1v) is 5.93. The first kappa shape index (κ1) is 12.7. The van der Waals surface area contributed by atoms with E-state index in [1.54, 1.807) is 18.2 Å². The van der Waals surface area contributed by atoms with Crippen LogP contribution in [-0.4, -0.2) is 32.4 Å². The lowest BCUT2D eigenvalue weighted by Crippen LogP contribution is -2.17. The minimum atomic E-state index is -0.410. The zero-order chi connectivity index (χ0) is 13.0. The van der Waals surface area contributed by atoms with Crippen molar-refractivity contribution in [1.82, 2.24) is 0 Å². The number of rotatable bonds is 4. The average molecular weight is 251 g/mol. The number of hydrogen-bond donors (Lipinski definition) is 1. The van der Waals surface area contributed by atoms with Crippen LogP contribution in [0.2, 0.25) is 0 Å². The van der Waals surface area contributed by atoms with Crippen LogP contribution in [0, 0.1) is 0 Å². The van der Waals surface area contributed by atoms with Crippen LogP contribution in [0.15, 0.2) is 18.2 Å². The first-order chi connectivity index (χ1) is 8.70. The van der Waals surface area contributed by atoms with Crippen molar-refractivity contribution in [2.24, 2.45) is 0 Å². The molecular formula is C13H17NO4. The monoisotopic (exact) mass is 251 g/mol. The molecule has 1 aromatic carbocycles. The summed E-state index contributed by atoms with van der Waals surface area (Å²) in [7, 11) is 1.33. The summed E-state index contributed by atoms with van der Waals surface area (Å²) in [6.07, 6.45) is 2.23. The summed E-state index contributed by atoms with van der Waals surface area (Å²) in [6, 6.07) is 4.86. The van der Waals surface area contributed by atoms with Crippen LogP contribution in [0.25, 0.3) is 0 Å². The largest absolute Gasteiger partial charge is 0.489 e. The molecule has 1 saturated heterocycles. The molecule has 1 atom stereocenters. The van der Waals surface area contributed by atoms with Crippen molar-refractivity contribution < 1.29 is 19.0 Å². The maximum Gasteiger partial charge on any atom is 0.337 e. The van der Waals surface area contributed by atoms with Gasteiger partial charge in [-0.2, -0.15) is 0 Å². The van der Waals surface area contributed by atoms with E-state index in [2.05, 4.69) is 4.74 Å². The fraction of sp³-hybridized carbons (Fsp3) is 0.462. The molecule has 5 heteroatoms. The van der Waals surface area contributed by atoms with E-state index in [4.69, 9.17) is 15.2 Å². The zero-order valence-corrected chi connectivity index (χ0v) is 10.3. The summed E-state index contributed by atoms with van der Waals surface area (Å²) in [4.78, 5) is 11.3. The second kappa shape index (κ2) is 5.73. The van der Waals surface area contributed by atoms with Gasteiger partial charge in [0.15, 0.2) is 0 Å². The van der Waals surface area contributed by atoms with Crippen LogP contribution in [0.1, 0.15) is 23.2 Å². The van der Waals surface area contributed by atoms with Crippen molar-refractivity contribution in [3.05, 3.63) is 23.8 Å². The SMILES string of the molecule is COC(=O)c1ccc(OC[C@H]2CCCO2)c(N)c1. The Morgan fingerprint density at radius 3 is 3.00 bits per heavy atom. The second-order valence-electron chi connectivity index (χ2n) is 4.19. The Labute approximate surface area is 106 Å². The van der Waals surface area contributed by atoms with Gasteiger partial charge in [0.25, 0.3) is 0 Å². The number of hydrogen-bond acceptors (Lipinski definition) is 5. The van der Waals surface area contributed by atoms with Gasteiger partial charge in [0.1, 0.15) is 12.4 Å². The number of methoxy groups -OCH3 is 1. The van der Waals surface area contributed by atoms with Gasteiger partial charge in [0.05, 0.1) is 24.5 Å². The summed E-state index contributed by atoms with van der Waals surface area (Å²) in [5.74, 6) is 0.158. The van der Waals surface area contributed by atoms with Crippen molar-refractivity contribution in [3.8, 4) is 5.75 Å². The Morgan fingerprint density at radius 1 is 1.56 bits per heavy atom. The van der Waals surface area contributed by atoms with Gasteiger partial charge in [-0.1, -0.05) is 0 Å². The molecule has 1 aromatic rings. The molecule has 2 rings (SSSR count). The van der Waals surface area contributed by atoms with Gasteiger partial charge < -0.3 is 19.9 Å².